The van der Waals surface area contributed by atoms with Gasteiger partial charge in [-0.05, 0) is 66.4 Å². The molecule has 1 N–H and O–H groups in total. The summed E-state index contributed by atoms with van der Waals surface area (Å²) in [5, 5.41) is 21.3. The zero-order valence-corrected chi connectivity index (χ0v) is 31.3. The number of anilines is 3. The van der Waals surface area contributed by atoms with E-state index in [-0.39, 0.29) is 11.8 Å². The van der Waals surface area contributed by atoms with Crippen molar-refractivity contribution in [2.45, 2.75) is 62.9 Å². The second kappa shape index (κ2) is 12.8. The lowest BCUT2D eigenvalue weighted by atomic mass is 9.82. The van der Waals surface area contributed by atoms with E-state index in [1.807, 2.05) is 122 Å². The molecule has 5 aromatic carbocycles. The third-order valence-electron chi connectivity index (χ3n) is 11.5. The number of hydrogen-bond donors (Lipinski definition) is 1. The highest BCUT2D eigenvalue weighted by molar-refractivity contribution is 6.72. The van der Waals surface area contributed by atoms with Crippen molar-refractivity contribution in [2.24, 2.45) is 5.92 Å². The molecule has 0 radical (unpaired) electrons. The van der Waals surface area contributed by atoms with Crippen molar-refractivity contribution in [3.05, 3.63) is 149 Å². The van der Waals surface area contributed by atoms with Crippen molar-refractivity contribution < 1.29 is 23.5 Å². The van der Waals surface area contributed by atoms with Crippen molar-refractivity contribution in [1.82, 2.24) is 15.0 Å². The van der Waals surface area contributed by atoms with E-state index in [4.69, 9.17) is 4.74 Å². The second-order valence-corrected chi connectivity index (χ2v) is 19.0. The zero-order chi connectivity index (χ0) is 37.4. The van der Waals surface area contributed by atoms with E-state index in [2.05, 4.69) is 10.3 Å². The number of ether oxygens (including phenoxy) is 1. The van der Waals surface area contributed by atoms with Crippen LogP contribution in [-0.4, -0.2) is 46.4 Å². The van der Waals surface area contributed by atoms with E-state index < -0.39 is 37.7 Å². The number of hydrogen-bond acceptors (Lipinski definition) is 6. The largest absolute Gasteiger partial charge is 0.382 e. The van der Waals surface area contributed by atoms with E-state index in [1.165, 1.54) is 0 Å². The molecule has 6 aromatic rings. The Bertz CT molecular complexity index is 2410. The van der Waals surface area contributed by atoms with Gasteiger partial charge in [-0.3, -0.25) is 19.2 Å². The second-order valence-electron chi connectivity index (χ2n) is 15.2. The highest BCUT2D eigenvalue weighted by Gasteiger charge is 2.66. The van der Waals surface area contributed by atoms with Gasteiger partial charge in [-0.1, -0.05) is 97.1 Å². The molecule has 0 unspecified atom stereocenters. The van der Waals surface area contributed by atoms with Crippen molar-refractivity contribution in [2.75, 3.05) is 9.80 Å². The summed E-state index contributed by atoms with van der Waals surface area (Å²) in [4.78, 5) is 32.6. The molecule has 1 saturated heterocycles. The number of nitrogens with zero attached hydrogens (tertiary/aromatic N) is 5. The van der Waals surface area contributed by atoms with Crippen molar-refractivity contribution in [3.8, 4) is 0 Å². The zero-order valence-electron chi connectivity index (χ0n) is 30.3. The predicted molar refractivity (Wildman–Crippen MR) is 208 cm³/mol. The number of aryl methyl sites for hydroxylation is 1. The van der Waals surface area contributed by atoms with Crippen LogP contribution < -0.4 is 9.80 Å². The van der Waals surface area contributed by atoms with Crippen LogP contribution in [0.25, 0.3) is 10.8 Å². The van der Waals surface area contributed by atoms with Gasteiger partial charge < -0.3 is 18.9 Å². The monoisotopic (exact) mass is 737 g/mol. The van der Waals surface area contributed by atoms with Gasteiger partial charge in [0.25, 0.3) is 11.8 Å². The number of halogens is 1. The Morgan fingerprint density at radius 3 is 2.37 bits per heavy atom. The molecule has 11 heteroatoms. The van der Waals surface area contributed by atoms with Crippen molar-refractivity contribution in [1.29, 1.82) is 0 Å². The van der Waals surface area contributed by atoms with Gasteiger partial charge in [0.05, 0.1) is 35.8 Å². The van der Waals surface area contributed by atoms with Crippen LogP contribution in [0.15, 0.2) is 121 Å². The Hall–Kier alpha value is -5.49. The number of aliphatic hydroxyl groups is 1. The summed E-state index contributed by atoms with van der Waals surface area (Å²) in [5.74, 6) is -0.888. The molecule has 1 aromatic heterocycles. The molecule has 9 nitrogen and oxygen atoms in total. The molecule has 54 heavy (non-hydrogen) atoms. The first-order valence-corrected chi connectivity index (χ1v) is 21.4. The molecular formula is C43H40FN5O4Si. The fraction of sp³-hybridized carbons (Fsp3) is 0.256. The van der Waals surface area contributed by atoms with Crippen LogP contribution in [-0.2, 0) is 28.2 Å². The maximum absolute atomic E-state index is 16.7. The SMILES string of the molecule is C[C@H]1[C@H]([Si](C)(C)F)[C@@H](CCn2cc([C@H](O)c3ccccc3)nn2)O[C@]12C(=O)N(Cc1ccccc1)c1ccc(N3C(=O)c4cccc5cccc3c45)cc12. The third-order valence-corrected chi connectivity index (χ3v) is 14.0. The molecule has 0 saturated carbocycles. The molecule has 272 valence electrons. The van der Waals surface area contributed by atoms with Crippen molar-refractivity contribution >= 4 is 48.1 Å². The summed E-state index contributed by atoms with van der Waals surface area (Å²) in [6.07, 6.45) is 0.538. The number of carbonyl (C=O) groups excluding carboxylic acids is 2. The maximum atomic E-state index is 16.7. The van der Waals surface area contributed by atoms with Crippen LogP contribution in [0.1, 0.15) is 52.2 Å². The summed E-state index contributed by atoms with van der Waals surface area (Å²) in [6, 6.07) is 36.4. The molecule has 4 heterocycles. The van der Waals surface area contributed by atoms with Crippen LogP contribution in [0.3, 0.4) is 0 Å². The number of rotatable bonds is 9. The highest BCUT2D eigenvalue weighted by Crippen LogP contribution is 2.61. The number of aromatic nitrogens is 3. The number of benzene rings is 5. The van der Waals surface area contributed by atoms with Gasteiger partial charge in [0, 0.05) is 34.6 Å². The number of amides is 2. The molecular weight excluding hydrogens is 698 g/mol. The van der Waals surface area contributed by atoms with E-state index in [0.717, 1.165) is 22.0 Å². The summed E-state index contributed by atoms with van der Waals surface area (Å²) < 4.78 is 25.4. The van der Waals surface area contributed by atoms with Gasteiger partial charge in [-0.15, -0.1) is 5.10 Å². The first kappa shape index (κ1) is 34.3. The molecule has 9 rings (SSSR count). The van der Waals surface area contributed by atoms with Crippen LogP contribution in [0.5, 0.6) is 0 Å². The van der Waals surface area contributed by atoms with Crippen LogP contribution >= 0.6 is 0 Å². The summed E-state index contributed by atoms with van der Waals surface area (Å²) in [5.41, 5.74) is 3.42. The minimum absolute atomic E-state index is 0.140. The number of carbonyl (C=O) groups is 2. The highest BCUT2D eigenvalue weighted by atomic mass is 28.4. The molecule has 0 bridgehead atoms. The molecule has 1 spiro atoms. The Labute approximate surface area is 313 Å². The average molecular weight is 738 g/mol. The van der Waals surface area contributed by atoms with Gasteiger partial charge in [-0.2, -0.15) is 0 Å². The first-order valence-electron chi connectivity index (χ1n) is 18.4. The minimum Gasteiger partial charge on any atom is -0.382 e. The number of aliphatic hydroxyl groups excluding tert-OH is 1. The van der Waals surface area contributed by atoms with E-state index in [1.54, 1.807) is 33.8 Å². The van der Waals surface area contributed by atoms with Crippen molar-refractivity contribution in [3.63, 3.8) is 0 Å². The predicted octanol–water partition coefficient (Wildman–Crippen LogP) is 8.22. The normalized spacial score (nSPS) is 22.5. The summed E-state index contributed by atoms with van der Waals surface area (Å²) >= 11 is 0. The van der Waals surface area contributed by atoms with Gasteiger partial charge in [0.1, 0.15) is 11.8 Å². The van der Waals surface area contributed by atoms with Crippen LogP contribution in [0.2, 0.25) is 18.6 Å². The fourth-order valence-electron chi connectivity index (χ4n) is 9.15. The minimum atomic E-state index is -3.46. The summed E-state index contributed by atoms with van der Waals surface area (Å²) in [6.45, 7) is 5.98. The number of fused-ring (bicyclic) bond motifs is 2. The molecule has 3 aliphatic heterocycles. The average Bonchev–Trinajstić information content (AvgIpc) is 3.91. The molecule has 5 atom stereocenters. The summed E-state index contributed by atoms with van der Waals surface area (Å²) in [7, 11) is -3.46. The Balaban J connectivity index is 1.10. The lowest BCUT2D eigenvalue weighted by molar-refractivity contribution is -0.146. The Morgan fingerprint density at radius 1 is 0.907 bits per heavy atom. The van der Waals surface area contributed by atoms with Gasteiger partial charge in [0.2, 0.25) is 8.41 Å². The van der Waals surface area contributed by atoms with Crippen LogP contribution in [0.4, 0.5) is 21.2 Å². The lowest BCUT2D eigenvalue weighted by Gasteiger charge is -2.31. The Morgan fingerprint density at radius 2 is 1.63 bits per heavy atom. The van der Waals surface area contributed by atoms with E-state index in [0.29, 0.717) is 53.3 Å². The van der Waals surface area contributed by atoms with Gasteiger partial charge in [0.15, 0.2) is 5.60 Å². The van der Waals surface area contributed by atoms with Gasteiger partial charge >= 0.3 is 0 Å². The van der Waals surface area contributed by atoms with Gasteiger partial charge in [-0.25, -0.2) is 0 Å². The first-order chi connectivity index (χ1) is 26.1. The Kier molecular flexibility index (Phi) is 8.14. The smallest absolute Gasteiger partial charge is 0.264 e. The standard InChI is InChI=1S/C43H40FN5O4Si/c1-27-40(54(2,3)44)37(22-23-47-26-34(45-46-47)39(50)30-14-8-5-9-15-30)53-43(27)33-24-31(20-21-35(33)48(42(43)52)25-28-12-6-4-7-13-28)49-36-19-11-17-29-16-10-18-32(38(29)36)41(49)51/h4-21,24,26-27,37,39-40,50H,22-23,25H2,1-3H3/t27-,37+,39+,40-,43+/m0/s1. The topological polar surface area (TPSA) is 101 Å². The molecule has 0 aliphatic carbocycles. The van der Waals surface area contributed by atoms with Crippen LogP contribution in [0, 0.1) is 5.92 Å². The van der Waals surface area contributed by atoms with E-state index >= 15 is 8.90 Å². The van der Waals surface area contributed by atoms with E-state index in [9.17, 15) is 9.90 Å². The molecule has 1 fully saturated rings. The molecule has 3 aliphatic rings. The lowest BCUT2D eigenvalue weighted by Crippen LogP contribution is -2.45. The molecule has 2 amide bonds. The third kappa shape index (κ3) is 5.32. The maximum Gasteiger partial charge on any atom is 0.264 e. The quantitative estimate of drug-likeness (QED) is 0.119. The fourth-order valence-corrected chi connectivity index (χ4v) is 11.7.